The zero-order valence-corrected chi connectivity index (χ0v) is 16.4. The Morgan fingerprint density at radius 2 is 1.93 bits per heavy atom. The maximum atomic E-state index is 12.5. The van der Waals surface area contributed by atoms with Crippen LogP contribution in [0.3, 0.4) is 0 Å². The largest absolute Gasteiger partial charge is 0.497 e. The molecule has 3 rings (SSSR count). The molecule has 1 aromatic carbocycles. The molecule has 1 unspecified atom stereocenters. The predicted molar refractivity (Wildman–Crippen MR) is 99.2 cm³/mol. The molecule has 2 amide bonds. The molecule has 1 aromatic heterocycles. The molecule has 0 bridgehead atoms. The van der Waals surface area contributed by atoms with Gasteiger partial charge >= 0.3 is 6.18 Å². The van der Waals surface area contributed by atoms with Gasteiger partial charge in [0.15, 0.2) is 0 Å². The molecule has 0 spiro atoms. The standard InChI is InChI=1S/C18H18F3N3O4S/c1-27-11-5-10(6-12(7-11)28-2)16-23-14(8-29-16)15(25)22-13-3-4-24(17(13)26)9-18(19,20)21/h5-8,13H,3-4,9H2,1-2H3,(H,22,25). The summed E-state index contributed by atoms with van der Waals surface area (Å²) in [6, 6.07) is 4.17. The summed E-state index contributed by atoms with van der Waals surface area (Å²) in [5.74, 6) is -0.248. The van der Waals surface area contributed by atoms with Crippen molar-refractivity contribution in [1.29, 1.82) is 0 Å². The maximum Gasteiger partial charge on any atom is 0.406 e. The number of methoxy groups -OCH3 is 2. The Morgan fingerprint density at radius 3 is 2.52 bits per heavy atom. The number of halogens is 3. The van der Waals surface area contributed by atoms with Gasteiger partial charge in [0.05, 0.1) is 14.2 Å². The summed E-state index contributed by atoms with van der Waals surface area (Å²) in [7, 11) is 3.03. The van der Waals surface area contributed by atoms with Crippen LogP contribution in [-0.2, 0) is 4.79 Å². The van der Waals surface area contributed by atoms with E-state index in [2.05, 4.69) is 10.3 Å². The van der Waals surface area contributed by atoms with Gasteiger partial charge < -0.3 is 19.7 Å². The first-order valence-electron chi connectivity index (χ1n) is 8.55. The molecule has 1 saturated heterocycles. The molecule has 1 atom stereocenters. The van der Waals surface area contributed by atoms with Crippen LogP contribution in [0.4, 0.5) is 13.2 Å². The molecule has 7 nitrogen and oxygen atoms in total. The third kappa shape index (κ3) is 4.97. The van der Waals surface area contributed by atoms with Gasteiger partial charge in [0, 0.05) is 23.6 Å². The van der Waals surface area contributed by atoms with Gasteiger partial charge in [0.1, 0.15) is 34.8 Å². The van der Waals surface area contributed by atoms with Crippen molar-refractivity contribution in [2.24, 2.45) is 0 Å². The van der Waals surface area contributed by atoms with Gasteiger partial charge in [-0.3, -0.25) is 9.59 Å². The Kier molecular flexibility index (Phi) is 5.96. The van der Waals surface area contributed by atoms with Crippen LogP contribution < -0.4 is 14.8 Å². The molecule has 156 valence electrons. The van der Waals surface area contributed by atoms with Crippen LogP contribution in [0.25, 0.3) is 10.6 Å². The lowest BCUT2D eigenvalue weighted by Crippen LogP contribution is -2.43. The molecule has 1 aliphatic heterocycles. The van der Waals surface area contributed by atoms with Crippen molar-refractivity contribution in [2.45, 2.75) is 18.6 Å². The number of benzene rings is 1. The second-order valence-corrected chi connectivity index (χ2v) is 7.19. The number of hydrogen-bond acceptors (Lipinski definition) is 6. The normalized spacial score (nSPS) is 16.8. The van der Waals surface area contributed by atoms with E-state index < -0.39 is 30.6 Å². The van der Waals surface area contributed by atoms with Crippen molar-refractivity contribution in [3.63, 3.8) is 0 Å². The minimum atomic E-state index is -4.48. The number of thiazole rings is 1. The van der Waals surface area contributed by atoms with Crippen molar-refractivity contribution >= 4 is 23.2 Å². The molecular formula is C18H18F3N3O4S. The fourth-order valence-electron chi connectivity index (χ4n) is 2.92. The molecule has 1 aliphatic rings. The molecule has 0 aliphatic carbocycles. The van der Waals surface area contributed by atoms with E-state index in [9.17, 15) is 22.8 Å². The number of nitrogens with one attached hydrogen (secondary N) is 1. The Hall–Kier alpha value is -2.82. The van der Waals surface area contributed by atoms with Crippen LogP contribution in [0, 0.1) is 0 Å². The number of rotatable bonds is 6. The molecular weight excluding hydrogens is 411 g/mol. The second-order valence-electron chi connectivity index (χ2n) is 6.33. The van der Waals surface area contributed by atoms with E-state index in [1.807, 2.05) is 0 Å². The van der Waals surface area contributed by atoms with Crippen molar-refractivity contribution in [1.82, 2.24) is 15.2 Å². The molecule has 11 heteroatoms. The van der Waals surface area contributed by atoms with Gasteiger partial charge in [-0.1, -0.05) is 0 Å². The average Bonchev–Trinajstić information content (AvgIpc) is 3.29. The third-order valence-electron chi connectivity index (χ3n) is 4.31. The van der Waals surface area contributed by atoms with E-state index in [1.165, 1.54) is 30.9 Å². The number of carbonyl (C=O) groups excluding carboxylic acids is 2. The molecule has 0 radical (unpaired) electrons. The van der Waals surface area contributed by atoms with Gasteiger partial charge in [-0.25, -0.2) is 4.98 Å². The van der Waals surface area contributed by atoms with Crippen molar-refractivity contribution in [3.8, 4) is 22.1 Å². The fraction of sp³-hybridized carbons (Fsp3) is 0.389. The topological polar surface area (TPSA) is 80.8 Å². The lowest BCUT2D eigenvalue weighted by Gasteiger charge is -2.18. The first kappa shape index (κ1) is 20.9. The summed E-state index contributed by atoms with van der Waals surface area (Å²) in [6.45, 7) is -1.38. The van der Waals surface area contributed by atoms with Crippen molar-refractivity contribution < 1.29 is 32.2 Å². The Labute approximate surface area is 168 Å². The minimum Gasteiger partial charge on any atom is -0.497 e. The second kappa shape index (κ2) is 8.27. The Morgan fingerprint density at radius 1 is 1.28 bits per heavy atom. The van der Waals surface area contributed by atoms with Crippen LogP contribution in [0.5, 0.6) is 11.5 Å². The number of nitrogens with zero attached hydrogens (tertiary/aromatic N) is 2. The SMILES string of the molecule is COc1cc(OC)cc(-c2nc(C(=O)NC3CCN(CC(F)(F)F)C3=O)cs2)c1. The third-order valence-corrected chi connectivity index (χ3v) is 5.20. The van der Waals surface area contributed by atoms with Crippen LogP contribution in [0.1, 0.15) is 16.9 Å². The summed E-state index contributed by atoms with van der Waals surface area (Å²) in [6.07, 6.45) is -4.36. The number of carbonyl (C=O) groups is 2. The fourth-order valence-corrected chi connectivity index (χ4v) is 3.71. The number of ether oxygens (including phenoxy) is 2. The van der Waals surface area contributed by atoms with Gasteiger partial charge in [-0.2, -0.15) is 13.2 Å². The summed E-state index contributed by atoms with van der Waals surface area (Å²) in [4.78, 5) is 29.5. The first-order valence-corrected chi connectivity index (χ1v) is 9.43. The monoisotopic (exact) mass is 429 g/mol. The van der Waals surface area contributed by atoms with E-state index in [0.717, 1.165) is 0 Å². The zero-order chi connectivity index (χ0) is 21.2. The molecule has 29 heavy (non-hydrogen) atoms. The van der Waals surface area contributed by atoms with Gasteiger partial charge in [-0.05, 0) is 18.6 Å². The number of alkyl halides is 3. The highest BCUT2D eigenvalue weighted by Crippen LogP contribution is 2.31. The summed E-state index contributed by atoms with van der Waals surface area (Å²) < 4.78 is 47.9. The molecule has 1 N–H and O–H groups in total. The first-order chi connectivity index (χ1) is 13.7. The lowest BCUT2D eigenvalue weighted by atomic mass is 10.2. The predicted octanol–water partition coefficient (Wildman–Crippen LogP) is 2.72. The van der Waals surface area contributed by atoms with Gasteiger partial charge in [-0.15, -0.1) is 11.3 Å². The minimum absolute atomic E-state index is 0.0603. The van der Waals surface area contributed by atoms with Crippen LogP contribution in [0.15, 0.2) is 23.6 Å². The van der Waals surface area contributed by atoms with Crippen LogP contribution >= 0.6 is 11.3 Å². The number of likely N-dealkylation sites (tertiary alicyclic amines) is 1. The number of aromatic nitrogens is 1. The van der Waals surface area contributed by atoms with Gasteiger partial charge in [0.2, 0.25) is 5.91 Å². The summed E-state index contributed by atoms with van der Waals surface area (Å²) in [5.41, 5.74) is 0.757. The van der Waals surface area contributed by atoms with E-state index in [-0.39, 0.29) is 18.7 Å². The highest BCUT2D eigenvalue weighted by Gasteiger charge is 2.40. The highest BCUT2D eigenvalue weighted by molar-refractivity contribution is 7.13. The highest BCUT2D eigenvalue weighted by atomic mass is 32.1. The van der Waals surface area contributed by atoms with E-state index in [4.69, 9.17) is 9.47 Å². The Balaban J connectivity index is 1.70. The van der Waals surface area contributed by atoms with E-state index >= 15 is 0 Å². The Bertz CT molecular complexity index is 894. The van der Waals surface area contributed by atoms with Crippen molar-refractivity contribution in [2.75, 3.05) is 27.3 Å². The summed E-state index contributed by atoms with van der Waals surface area (Å²) in [5, 5.41) is 4.52. The lowest BCUT2D eigenvalue weighted by molar-refractivity contribution is -0.157. The molecule has 2 aromatic rings. The van der Waals surface area contributed by atoms with Crippen molar-refractivity contribution in [3.05, 3.63) is 29.3 Å². The summed E-state index contributed by atoms with van der Waals surface area (Å²) >= 11 is 1.21. The smallest absolute Gasteiger partial charge is 0.406 e. The van der Waals surface area contributed by atoms with Gasteiger partial charge in [0.25, 0.3) is 5.91 Å². The molecule has 1 fully saturated rings. The zero-order valence-electron chi connectivity index (χ0n) is 15.6. The quantitative estimate of drug-likeness (QED) is 0.764. The number of hydrogen-bond donors (Lipinski definition) is 1. The van der Waals surface area contributed by atoms with E-state index in [0.29, 0.717) is 27.0 Å². The molecule has 0 saturated carbocycles. The number of amides is 2. The maximum absolute atomic E-state index is 12.5. The van der Waals surface area contributed by atoms with Crippen LogP contribution in [0.2, 0.25) is 0 Å². The van der Waals surface area contributed by atoms with E-state index in [1.54, 1.807) is 18.2 Å². The average molecular weight is 429 g/mol. The van der Waals surface area contributed by atoms with Crippen LogP contribution in [-0.4, -0.2) is 61.2 Å². The molecule has 2 heterocycles.